The SMILES string of the molecule is CCC(N)Cc1cc(F)c(Oc2cncc(Cl)c2)c(F)c1. The van der Waals surface area contributed by atoms with E-state index in [4.69, 9.17) is 22.1 Å². The molecule has 1 heterocycles. The van der Waals surface area contributed by atoms with Crippen molar-refractivity contribution in [3.05, 3.63) is 52.8 Å². The van der Waals surface area contributed by atoms with E-state index >= 15 is 0 Å². The van der Waals surface area contributed by atoms with Gasteiger partial charge in [-0.05, 0) is 30.5 Å². The number of pyridine rings is 1. The van der Waals surface area contributed by atoms with Gasteiger partial charge in [0.25, 0.3) is 0 Å². The summed E-state index contributed by atoms with van der Waals surface area (Å²) in [5.41, 5.74) is 6.28. The Hall–Kier alpha value is -1.72. The summed E-state index contributed by atoms with van der Waals surface area (Å²) in [6.45, 7) is 1.92. The average Bonchev–Trinajstić information content (AvgIpc) is 2.43. The molecule has 0 saturated carbocycles. The van der Waals surface area contributed by atoms with Crippen molar-refractivity contribution in [2.45, 2.75) is 25.8 Å². The predicted octanol–water partition coefficient (Wildman–Crippen LogP) is 4.09. The van der Waals surface area contributed by atoms with Crippen molar-refractivity contribution in [1.29, 1.82) is 0 Å². The van der Waals surface area contributed by atoms with Gasteiger partial charge in [-0.2, -0.15) is 0 Å². The lowest BCUT2D eigenvalue weighted by molar-refractivity contribution is 0.405. The van der Waals surface area contributed by atoms with Gasteiger partial charge in [0, 0.05) is 18.3 Å². The van der Waals surface area contributed by atoms with Crippen molar-refractivity contribution >= 4 is 11.6 Å². The second-order valence-electron chi connectivity index (χ2n) is 4.70. The van der Waals surface area contributed by atoms with Gasteiger partial charge in [0.15, 0.2) is 17.4 Å². The number of hydrogen-bond acceptors (Lipinski definition) is 3. The molecule has 0 radical (unpaired) electrons. The van der Waals surface area contributed by atoms with Crippen LogP contribution < -0.4 is 10.5 Å². The highest BCUT2D eigenvalue weighted by Gasteiger charge is 2.15. The van der Waals surface area contributed by atoms with Crippen LogP contribution >= 0.6 is 11.6 Å². The van der Waals surface area contributed by atoms with Gasteiger partial charge < -0.3 is 10.5 Å². The van der Waals surface area contributed by atoms with Crippen LogP contribution in [0.2, 0.25) is 5.02 Å². The number of rotatable bonds is 5. The minimum atomic E-state index is -0.784. The molecule has 112 valence electrons. The van der Waals surface area contributed by atoms with Crippen LogP contribution in [0.3, 0.4) is 0 Å². The molecule has 2 aromatic rings. The second-order valence-corrected chi connectivity index (χ2v) is 5.14. The zero-order chi connectivity index (χ0) is 15.4. The first-order chi connectivity index (χ1) is 9.99. The smallest absolute Gasteiger partial charge is 0.198 e. The minimum Gasteiger partial charge on any atom is -0.449 e. The molecule has 21 heavy (non-hydrogen) atoms. The van der Waals surface area contributed by atoms with Crippen molar-refractivity contribution in [3.63, 3.8) is 0 Å². The molecule has 0 bridgehead atoms. The molecule has 3 nitrogen and oxygen atoms in total. The fraction of sp³-hybridized carbons (Fsp3) is 0.267. The average molecular weight is 313 g/mol. The first kappa shape index (κ1) is 15.7. The zero-order valence-corrected chi connectivity index (χ0v) is 12.2. The van der Waals surface area contributed by atoms with Crippen molar-refractivity contribution in [3.8, 4) is 11.5 Å². The molecule has 0 aliphatic rings. The quantitative estimate of drug-likeness (QED) is 0.904. The maximum absolute atomic E-state index is 14.0. The summed E-state index contributed by atoms with van der Waals surface area (Å²) in [5.74, 6) is -1.88. The number of nitrogens with zero attached hydrogens (tertiary/aromatic N) is 1. The highest BCUT2D eigenvalue weighted by molar-refractivity contribution is 6.30. The molecule has 6 heteroatoms. The molecular formula is C15H15ClF2N2O. The number of nitrogens with two attached hydrogens (primary N) is 1. The fourth-order valence-corrected chi connectivity index (χ4v) is 2.00. The number of aromatic nitrogens is 1. The fourth-order valence-electron chi connectivity index (χ4n) is 1.84. The molecule has 0 aliphatic carbocycles. The molecule has 1 atom stereocenters. The van der Waals surface area contributed by atoms with Crippen LogP contribution in [-0.4, -0.2) is 11.0 Å². The Morgan fingerprint density at radius 3 is 2.48 bits per heavy atom. The summed E-state index contributed by atoms with van der Waals surface area (Å²) in [6.07, 6.45) is 3.86. The van der Waals surface area contributed by atoms with Crippen molar-refractivity contribution in [2.75, 3.05) is 0 Å². The van der Waals surface area contributed by atoms with E-state index in [1.54, 1.807) is 0 Å². The third-order valence-electron chi connectivity index (χ3n) is 2.98. The van der Waals surface area contributed by atoms with Gasteiger partial charge in [-0.25, -0.2) is 8.78 Å². The Kier molecular flexibility index (Phi) is 5.09. The molecule has 2 rings (SSSR count). The van der Waals surface area contributed by atoms with Crippen molar-refractivity contribution in [2.24, 2.45) is 5.73 Å². The third-order valence-corrected chi connectivity index (χ3v) is 3.19. The molecule has 2 N–H and O–H groups in total. The highest BCUT2D eigenvalue weighted by atomic mass is 35.5. The Labute approximate surface area is 126 Å². The zero-order valence-electron chi connectivity index (χ0n) is 11.4. The molecule has 0 saturated heterocycles. The lowest BCUT2D eigenvalue weighted by Gasteiger charge is -2.12. The maximum atomic E-state index is 14.0. The third kappa shape index (κ3) is 4.12. The molecule has 0 amide bonds. The van der Waals surface area contributed by atoms with Gasteiger partial charge in [-0.3, -0.25) is 4.98 Å². The first-order valence-electron chi connectivity index (χ1n) is 6.51. The van der Waals surface area contributed by atoms with Crippen LogP contribution in [0.15, 0.2) is 30.6 Å². The Morgan fingerprint density at radius 1 is 1.24 bits per heavy atom. The van der Waals surface area contributed by atoms with Crippen molar-refractivity contribution < 1.29 is 13.5 Å². The summed E-state index contributed by atoms with van der Waals surface area (Å²) >= 11 is 5.75. The van der Waals surface area contributed by atoms with Gasteiger partial charge in [0.05, 0.1) is 11.2 Å². The van der Waals surface area contributed by atoms with Gasteiger partial charge in [-0.15, -0.1) is 0 Å². The molecule has 1 unspecified atom stereocenters. The van der Waals surface area contributed by atoms with Crippen LogP contribution in [0.25, 0.3) is 0 Å². The van der Waals surface area contributed by atoms with Crippen molar-refractivity contribution in [1.82, 2.24) is 4.98 Å². The summed E-state index contributed by atoms with van der Waals surface area (Å²) in [4.78, 5) is 3.79. The monoisotopic (exact) mass is 312 g/mol. The van der Waals surface area contributed by atoms with E-state index < -0.39 is 17.4 Å². The van der Waals surface area contributed by atoms with Gasteiger partial charge in [0.2, 0.25) is 0 Å². The molecule has 1 aromatic heterocycles. The second kappa shape index (κ2) is 6.83. The van der Waals surface area contributed by atoms with E-state index in [0.717, 1.165) is 6.42 Å². The number of ether oxygens (including phenoxy) is 1. The Bertz CT molecular complexity index is 614. The first-order valence-corrected chi connectivity index (χ1v) is 6.89. The Balaban J connectivity index is 2.25. The minimum absolute atomic E-state index is 0.132. The summed E-state index contributed by atoms with van der Waals surface area (Å²) in [6, 6.07) is 3.75. The molecule has 0 spiro atoms. The lowest BCUT2D eigenvalue weighted by atomic mass is 10.0. The molecule has 0 fully saturated rings. The standard InChI is InChI=1S/C15H15ClF2N2O/c1-2-11(19)3-9-4-13(17)15(14(18)5-9)21-12-6-10(16)7-20-8-12/h4-8,11H,2-3,19H2,1H3. The normalized spacial score (nSPS) is 12.2. The Morgan fingerprint density at radius 2 is 1.90 bits per heavy atom. The highest BCUT2D eigenvalue weighted by Crippen LogP contribution is 2.29. The van der Waals surface area contributed by atoms with Gasteiger partial charge in [0.1, 0.15) is 5.75 Å². The molecular weight excluding hydrogens is 298 g/mol. The van der Waals surface area contributed by atoms with Gasteiger partial charge in [-0.1, -0.05) is 18.5 Å². The number of halogens is 3. The van der Waals surface area contributed by atoms with E-state index in [2.05, 4.69) is 4.98 Å². The maximum Gasteiger partial charge on any atom is 0.198 e. The van der Waals surface area contributed by atoms with Crippen LogP contribution in [0, 0.1) is 11.6 Å². The topological polar surface area (TPSA) is 48.1 Å². The van der Waals surface area contributed by atoms with E-state index in [9.17, 15) is 8.78 Å². The number of hydrogen-bond donors (Lipinski definition) is 1. The van der Waals surface area contributed by atoms with E-state index in [1.165, 1.54) is 30.6 Å². The predicted molar refractivity (Wildman–Crippen MR) is 77.6 cm³/mol. The largest absolute Gasteiger partial charge is 0.449 e. The summed E-state index contributed by atoms with van der Waals surface area (Å²) in [7, 11) is 0. The molecule has 1 aromatic carbocycles. The summed E-state index contributed by atoms with van der Waals surface area (Å²) < 4.78 is 33.2. The van der Waals surface area contributed by atoms with E-state index in [-0.39, 0.29) is 11.8 Å². The summed E-state index contributed by atoms with van der Waals surface area (Å²) in [5, 5.41) is 0.318. The van der Waals surface area contributed by atoms with Crippen LogP contribution in [0.1, 0.15) is 18.9 Å². The van der Waals surface area contributed by atoms with Crippen LogP contribution in [0.4, 0.5) is 8.78 Å². The molecule has 0 aliphatic heterocycles. The lowest BCUT2D eigenvalue weighted by Crippen LogP contribution is -2.21. The van der Waals surface area contributed by atoms with E-state index in [1.807, 2.05) is 6.92 Å². The number of benzene rings is 1. The van der Waals surface area contributed by atoms with Crippen LogP contribution in [0.5, 0.6) is 11.5 Å². The van der Waals surface area contributed by atoms with Gasteiger partial charge >= 0.3 is 0 Å². The van der Waals surface area contributed by atoms with E-state index in [0.29, 0.717) is 17.0 Å². The van der Waals surface area contributed by atoms with Crippen LogP contribution in [-0.2, 0) is 6.42 Å².